The average Bonchev–Trinajstić information content (AvgIpc) is 3.38. The van der Waals surface area contributed by atoms with E-state index in [0.29, 0.717) is 37.2 Å². The number of nitrogens with one attached hydrogen (secondary N) is 1. The van der Waals surface area contributed by atoms with Gasteiger partial charge in [0.25, 0.3) is 0 Å². The number of nitrogens with zero attached hydrogens (tertiary/aromatic N) is 2. The Morgan fingerprint density at radius 1 is 1.26 bits per heavy atom. The van der Waals surface area contributed by atoms with E-state index in [-0.39, 0.29) is 33.7 Å². The summed E-state index contributed by atoms with van der Waals surface area (Å²) >= 11 is 1.07. The molecule has 2 aromatic rings. The van der Waals surface area contributed by atoms with E-state index in [4.69, 9.17) is 4.74 Å². The Kier molecular flexibility index (Phi) is 6.52. The number of piperidine rings is 1. The molecule has 0 bridgehead atoms. The van der Waals surface area contributed by atoms with E-state index >= 15 is 0 Å². The zero-order valence-corrected chi connectivity index (χ0v) is 19.5. The Bertz CT molecular complexity index is 1110. The van der Waals surface area contributed by atoms with Crippen molar-refractivity contribution in [2.24, 2.45) is 5.92 Å². The van der Waals surface area contributed by atoms with Crippen molar-refractivity contribution in [2.45, 2.75) is 56.6 Å². The molecular weight excluding hydrogens is 438 g/mol. The second-order valence-corrected chi connectivity index (χ2v) is 11.5. The highest BCUT2D eigenvalue weighted by Crippen LogP contribution is 2.28. The molecule has 1 amide bonds. The summed E-state index contributed by atoms with van der Waals surface area (Å²) in [6.45, 7) is 5.75. The largest absolute Gasteiger partial charge is 0.376 e. The van der Waals surface area contributed by atoms with E-state index in [2.05, 4.69) is 5.32 Å². The summed E-state index contributed by atoms with van der Waals surface area (Å²) in [5.74, 6) is -0.200. The molecule has 1 atom stereocenters. The molecule has 3 heterocycles. The number of aromatic nitrogens is 1. The summed E-state index contributed by atoms with van der Waals surface area (Å²) in [6.07, 6.45) is 3.09. The minimum absolute atomic E-state index is 0.00844. The lowest BCUT2D eigenvalue weighted by Crippen LogP contribution is -2.44. The van der Waals surface area contributed by atoms with Gasteiger partial charge in [-0.25, -0.2) is 8.42 Å². The number of amides is 1. The molecule has 1 aromatic carbocycles. The van der Waals surface area contributed by atoms with Crippen LogP contribution in [0.3, 0.4) is 0 Å². The van der Waals surface area contributed by atoms with Crippen LogP contribution in [0, 0.1) is 5.92 Å². The molecule has 0 aliphatic carbocycles. The minimum atomic E-state index is -3.67. The molecule has 1 aromatic heterocycles. The molecule has 2 fully saturated rings. The Morgan fingerprint density at radius 2 is 2.00 bits per heavy atom. The second-order valence-electron chi connectivity index (χ2n) is 8.52. The van der Waals surface area contributed by atoms with Crippen LogP contribution in [-0.4, -0.2) is 55.5 Å². The number of hydrogen-bond donors (Lipinski definition) is 1. The third-order valence-electron chi connectivity index (χ3n) is 6.09. The van der Waals surface area contributed by atoms with Gasteiger partial charge in [0.15, 0.2) is 0 Å². The number of carbonyl (C=O) groups excluding carboxylic acids is 1. The van der Waals surface area contributed by atoms with Crippen molar-refractivity contribution in [3.63, 3.8) is 0 Å². The number of hydrogen-bond acceptors (Lipinski definition) is 6. The number of carbonyl (C=O) groups is 1. The maximum Gasteiger partial charge on any atom is 0.308 e. The number of thiazole rings is 1. The molecule has 10 heteroatoms. The molecule has 170 valence electrons. The molecule has 0 unspecified atom stereocenters. The summed E-state index contributed by atoms with van der Waals surface area (Å²) in [6, 6.07) is 4.89. The van der Waals surface area contributed by atoms with E-state index in [1.807, 2.05) is 13.8 Å². The van der Waals surface area contributed by atoms with Gasteiger partial charge in [0.05, 0.1) is 21.2 Å². The fourth-order valence-electron chi connectivity index (χ4n) is 4.34. The van der Waals surface area contributed by atoms with Crippen LogP contribution in [0.2, 0.25) is 0 Å². The van der Waals surface area contributed by atoms with Crippen molar-refractivity contribution in [1.29, 1.82) is 0 Å². The molecular formula is C21H29N3O5S2. The standard InChI is InChI=1S/C21H29N3O5S2/c1-14(2)24-18-6-5-17(12-19(18)30-21(24)26)31(27,28)23-9-7-15(8-10-23)20(25)22-13-16-4-3-11-29-16/h5-6,12,14-16H,3-4,7-11,13H2,1-2H3,(H,22,25)/t16-/m1/s1. The maximum absolute atomic E-state index is 13.2. The molecule has 0 spiro atoms. The Balaban J connectivity index is 1.41. The maximum atomic E-state index is 13.2. The first-order chi connectivity index (χ1) is 14.8. The predicted octanol–water partition coefficient (Wildman–Crippen LogP) is 2.34. The smallest absolute Gasteiger partial charge is 0.308 e. The molecule has 4 rings (SSSR count). The van der Waals surface area contributed by atoms with Gasteiger partial charge in [0, 0.05) is 38.2 Å². The Hall–Kier alpha value is -1.75. The Morgan fingerprint density at radius 3 is 2.65 bits per heavy atom. The van der Waals surface area contributed by atoms with Gasteiger partial charge in [0.2, 0.25) is 15.9 Å². The third kappa shape index (κ3) is 4.57. The predicted molar refractivity (Wildman–Crippen MR) is 120 cm³/mol. The van der Waals surface area contributed by atoms with Gasteiger partial charge in [-0.1, -0.05) is 11.3 Å². The van der Waals surface area contributed by atoms with Crippen molar-refractivity contribution < 1.29 is 17.9 Å². The van der Waals surface area contributed by atoms with Crippen molar-refractivity contribution in [3.8, 4) is 0 Å². The number of rotatable bonds is 6. The molecule has 31 heavy (non-hydrogen) atoms. The molecule has 8 nitrogen and oxygen atoms in total. The highest BCUT2D eigenvalue weighted by Gasteiger charge is 2.32. The molecule has 2 saturated heterocycles. The molecule has 0 radical (unpaired) electrons. The van der Waals surface area contributed by atoms with Gasteiger partial charge in [0.1, 0.15) is 0 Å². The lowest BCUT2D eigenvalue weighted by atomic mass is 9.97. The van der Waals surface area contributed by atoms with Crippen molar-refractivity contribution in [2.75, 3.05) is 26.2 Å². The van der Waals surface area contributed by atoms with Gasteiger partial charge < -0.3 is 10.1 Å². The van der Waals surface area contributed by atoms with Crippen LogP contribution in [0.4, 0.5) is 0 Å². The molecule has 2 aliphatic rings. The summed E-state index contributed by atoms with van der Waals surface area (Å²) in [7, 11) is -3.67. The lowest BCUT2D eigenvalue weighted by Gasteiger charge is -2.30. The van der Waals surface area contributed by atoms with Crippen molar-refractivity contribution >= 4 is 37.5 Å². The SMILES string of the molecule is CC(C)n1c(=O)sc2cc(S(=O)(=O)N3CCC(C(=O)NC[C@H]4CCCO4)CC3)ccc21. The molecule has 0 saturated carbocycles. The summed E-state index contributed by atoms with van der Waals surface area (Å²) in [4.78, 5) is 24.8. The first kappa shape index (κ1) is 22.4. The van der Waals surface area contributed by atoms with E-state index in [1.54, 1.807) is 22.8 Å². The first-order valence-electron chi connectivity index (χ1n) is 10.8. The highest BCUT2D eigenvalue weighted by atomic mass is 32.2. The van der Waals surface area contributed by atoms with Crippen LogP contribution in [-0.2, 0) is 19.6 Å². The number of benzene rings is 1. The molecule has 2 aliphatic heterocycles. The number of sulfonamides is 1. The van der Waals surface area contributed by atoms with E-state index < -0.39 is 10.0 Å². The van der Waals surface area contributed by atoms with Gasteiger partial charge in [-0.15, -0.1) is 0 Å². The third-order valence-corrected chi connectivity index (χ3v) is 8.90. The lowest BCUT2D eigenvalue weighted by molar-refractivity contribution is -0.126. The average molecular weight is 468 g/mol. The number of ether oxygens (including phenoxy) is 1. The van der Waals surface area contributed by atoms with E-state index in [1.165, 1.54) is 4.31 Å². The number of fused-ring (bicyclic) bond motifs is 1. The van der Waals surface area contributed by atoms with Crippen LogP contribution in [0.1, 0.15) is 45.6 Å². The van der Waals surface area contributed by atoms with E-state index in [0.717, 1.165) is 36.3 Å². The quantitative estimate of drug-likeness (QED) is 0.703. The van der Waals surface area contributed by atoms with E-state index in [9.17, 15) is 18.0 Å². The van der Waals surface area contributed by atoms with Gasteiger partial charge in [-0.05, 0) is 57.7 Å². The van der Waals surface area contributed by atoms with Crippen LogP contribution >= 0.6 is 11.3 Å². The van der Waals surface area contributed by atoms with Gasteiger partial charge in [-0.3, -0.25) is 14.2 Å². The van der Waals surface area contributed by atoms with Gasteiger partial charge >= 0.3 is 4.87 Å². The van der Waals surface area contributed by atoms with Gasteiger partial charge in [-0.2, -0.15) is 4.31 Å². The van der Waals surface area contributed by atoms with Crippen LogP contribution in [0.5, 0.6) is 0 Å². The Labute approximate surface area is 186 Å². The fraction of sp³-hybridized carbons (Fsp3) is 0.619. The summed E-state index contributed by atoms with van der Waals surface area (Å²) < 4.78 is 35.6. The normalized spacial score (nSPS) is 21.2. The van der Waals surface area contributed by atoms with Crippen LogP contribution in [0.25, 0.3) is 10.2 Å². The highest BCUT2D eigenvalue weighted by molar-refractivity contribution is 7.89. The van der Waals surface area contributed by atoms with Crippen LogP contribution in [0.15, 0.2) is 27.9 Å². The van der Waals surface area contributed by atoms with Crippen molar-refractivity contribution in [1.82, 2.24) is 14.2 Å². The first-order valence-corrected chi connectivity index (χ1v) is 13.1. The van der Waals surface area contributed by atoms with Crippen molar-refractivity contribution in [3.05, 3.63) is 27.9 Å². The monoisotopic (exact) mass is 467 g/mol. The minimum Gasteiger partial charge on any atom is -0.376 e. The zero-order chi connectivity index (χ0) is 22.2. The second kappa shape index (κ2) is 9.01. The van der Waals surface area contributed by atoms with Crippen LogP contribution < -0.4 is 10.2 Å². The zero-order valence-electron chi connectivity index (χ0n) is 17.9. The fourth-order valence-corrected chi connectivity index (χ4v) is 6.96. The molecule has 1 N–H and O–H groups in total. The summed E-state index contributed by atoms with van der Waals surface area (Å²) in [5.41, 5.74) is 0.755. The topological polar surface area (TPSA) is 97.7 Å². The summed E-state index contributed by atoms with van der Waals surface area (Å²) in [5, 5.41) is 2.95.